The highest BCUT2D eigenvalue weighted by molar-refractivity contribution is 6.04. The molecule has 5 heteroatoms. The fraction of sp³-hybridized carbons (Fsp3) is 0.176. The summed E-state index contributed by atoms with van der Waals surface area (Å²) in [5.41, 5.74) is 2.48. The maximum absolute atomic E-state index is 12.8. The standard InChI is InChI=1S/C17H17N3O2/c1-2-20(11-12-7-4-3-5-8-12)16(21)13-9-6-10-14-15(13)19-17(22)18-14/h3-10H,2,11H2,1H3,(H2,18,19,22). The first kappa shape index (κ1) is 14.1. The van der Waals surface area contributed by atoms with E-state index >= 15 is 0 Å². The van der Waals surface area contributed by atoms with Crippen LogP contribution in [0.25, 0.3) is 11.0 Å². The minimum absolute atomic E-state index is 0.0906. The number of H-pyrrole nitrogens is 2. The quantitative estimate of drug-likeness (QED) is 0.776. The smallest absolute Gasteiger partial charge is 0.323 e. The van der Waals surface area contributed by atoms with Gasteiger partial charge >= 0.3 is 5.69 Å². The second-order valence-electron chi connectivity index (χ2n) is 5.11. The molecule has 0 aliphatic rings. The molecule has 0 bridgehead atoms. The number of benzene rings is 2. The Bertz CT molecular complexity index is 849. The van der Waals surface area contributed by atoms with Crippen LogP contribution in [0.1, 0.15) is 22.8 Å². The van der Waals surface area contributed by atoms with Crippen LogP contribution in [0.5, 0.6) is 0 Å². The van der Waals surface area contributed by atoms with Gasteiger partial charge in [0.2, 0.25) is 0 Å². The molecule has 2 aromatic carbocycles. The Kier molecular flexibility index (Phi) is 3.78. The lowest BCUT2D eigenvalue weighted by atomic mass is 10.1. The second-order valence-corrected chi connectivity index (χ2v) is 5.11. The number of aromatic amines is 2. The minimum atomic E-state index is -0.304. The first-order valence-electron chi connectivity index (χ1n) is 7.23. The van der Waals surface area contributed by atoms with Gasteiger partial charge in [0.05, 0.1) is 16.6 Å². The maximum atomic E-state index is 12.8. The number of nitrogens with zero attached hydrogens (tertiary/aromatic N) is 1. The maximum Gasteiger partial charge on any atom is 0.323 e. The second kappa shape index (κ2) is 5.89. The van der Waals surface area contributed by atoms with E-state index in [1.807, 2.05) is 37.3 Å². The molecule has 2 N–H and O–H groups in total. The molecule has 0 saturated carbocycles. The molecule has 1 heterocycles. The van der Waals surface area contributed by atoms with E-state index in [0.717, 1.165) is 5.56 Å². The van der Waals surface area contributed by atoms with E-state index in [9.17, 15) is 9.59 Å². The first-order valence-corrected chi connectivity index (χ1v) is 7.23. The van der Waals surface area contributed by atoms with Crippen molar-refractivity contribution >= 4 is 16.9 Å². The topological polar surface area (TPSA) is 69.0 Å². The van der Waals surface area contributed by atoms with Gasteiger partial charge in [0.1, 0.15) is 0 Å². The van der Waals surface area contributed by atoms with Crippen molar-refractivity contribution in [3.8, 4) is 0 Å². The lowest BCUT2D eigenvalue weighted by Crippen LogP contribution is -2.30. The van der Waals surface area contributed by atoms with E-state index in [1.165, 1.54) is 0 Å². The van der Waals surface area contributed by atoms with Gasteiger partial charge in [-0.05, 0) is 24.6 Å². The SMILES string of the molecule is CCN(Cc1ccccc1)C(=O)c1cccc2[nH]c(=O)[nH]c12. The average molecular weight is 295 g/mol. The molecular weight excluding hydrogens is 278 g/mol. The van der Waals surface area contributed by atoms with Crippen molar-refractivity contribution in [1.29, 1.82) is 0 Å². The van der Waals surface area contributed by atoms with Gasteiger partial charge in [0.25, 0.3) is 5.91 Å². The summed E-state index contributed by atoms with van der Waals surface area (Å²) >= 11 is 0. The van der Waals surface area contributed by atoms with Crippen molar-refractivity contribution in [2.45, 2.75) is 13.5 Å². The molecule has 0 saturated heterocycles. The van der Waals surface area contributed by atoms with Gasteiger partial charge in [-0.2, -0.15) is 0 Å². The van der Waals surface area contributed by atoms with Crippen LogP contribution < -0.4 is 5.69 Å². The first-order chi connectivity index (χ1) is 10.7. The number of nitrogens with one attached hydrogen (secondary N) is 2. The number of para-hydroxylation sites is 1. The van der Waals surface area contributed by atoms with E-state index in [-0.39, 0.29) is 11.6 Å². The highest BCUT2D eigenvalue weighted by atomic mass is 16.2. The van der Waals surface area contributed by atoms with Crippen molar-refractivity contribution in [2.75, 3.05) is 6.54 Å². The van der Waals surface area contributed by atoms with Gasteiger partial charge in [-0.15, -0.1) is 0 Å². The van der Waals surface area contributed by atoms with Gasteiger partial charge in [-0.3, -0.25) is 4.79 Å². The van der Waals surface area contributed by atoms with Gasteiger partial charge in [-0.25, -0.2) is 4.79 Å². The van der Waals surface area contributed by atoms with Crippen LogP contribution >= 0.6 is 0 Å². The summed E-state index contributed by atoms with van der Waals surface area (Å²) < 4.78 is 0. The van der Waals surface area contributed by atoms with E-state index in [1.54, 1.807) is 23.1 Å². The Morgan fingerprint density at radius 2 is 1.82 bits per heavy atom. The summed E-state index contributed by atoms with van der Waals surface area (Å²) in [4.78, 5) is 31.4. The molecule has 3 aromatic rings. The molecule has 0 unspecified atom stereocenters. The molecule has 0 aliphatic carbocycles. The van der Waals surface area contributed by atoms with Crippen molar-refractivity contribution < 1.29 is 4.79 Å². The molecule has 0 atom stereocenters. The highest BCUT2D eigenvalue weighted by Gasteiger charge is 2.18. The van der Waals surface area contributed by atoms with Crippen LogP contribution in [0.4, 0.5) is 0 Å². The summed E-state index contributed by atoms with van der Waals surface area (Å²) in [6.07, 6.45) is 0. The van der Waals surface area contributed by atoms with E-state index < -0.39 is 0 Å². The Morgan fingerprint density at radius 3 is 2.55 bits per heavy atom. The van der Waals surface area contributed by atoms with Crippen LogP contribution in [-0.4, -0.2) is 27.3 Å². The number of imidazole rings is 1. The highest BCUT2D eigenvalue weighted by Crippen LogP contribution is 2.17. The van der Waals surface area contributed by atoms with Crippen LogP contribution in [0.3, 0.4) is 0 Å². The number of hydrogen-bond acceptors (Lipinski definition) is 2. The normalized spacial score (nSPS) is 10.8. The molecule has 112 valence electrons. The van der Waals surface area contributed by atoms with Crippen LogP contribution in [0, 0.1) is 0 Å². The minimum Gasteiger partial charge on any atom is -0.335 e. The lowest BCUT2D eigenvalue weighted by molar-refractivity contribution is 0.0754. The summed E-state index contributed by atoms with van der Waals surface area (Å²) in [6.45, 7) is 3.08. The Labute approximate surface area is 127 Å². The number of hydrogen-bond donors (Lipinski definition) is 2. The van der Waals surface area contributed by atoms with Crippen molar-refractivity contribution in [3.63, 3.8) is 0 Å². The van der Waals surface area contributed by atoms with E-state index in [0.29, 0.717) is 29.7 Å². The number of carbonyl (C=O) groups is 1. The molecule has 1 aromatic heterocycles. The molecule has 1 amide bonds. The van der Waals surface area contributed by atoms with E-state index in [4.69, 9.17) is 0 Å². The average Bonchev–Trinajstić information content (AvgIpc) is 2.93. The van der Waals surface area contributed by atoms with Crippen LogP contribution in [0.15, 0.2) is 53.3 Å². The number of aromatic nitrogens is 2. The lowest BCUT2D eigenvalue weighted by Gasteiger charge is -2.21. The molecule has 0 spiro atoms. The Balaban J connectivity index is 1.94. The largest absolute Gasteiger partial charge is 0.335 e. The van der Waals surface area contributed by atoms with Crippen LogP contribution in [-0.2, 0) is 6.54 Å². The number of fused-ring (bicyclic) bond motifs is 1. The summed E-state index contributed by atoms with van der Waals surface area (Å²) in [5, 5.41) is 0. The molecular formula is C17H17N3O2. The molecule has 0 fully saturated rings. The van der Waals surface area contributed by atoms with Crippen molar-refractivity contribution in [1.82, 2.24) is 14.9 Å². The predicted octanol–water partition coefficient (Wildman–Crippen LogP) is 2.52. The molecule has 0 aliphatic heterocycles. The van der Waals surface area contributed by atoms with Gasteiger partial charge in [-0.1, -0.05) is 36.4 Å². The number of carbonyl (C=O) groups excluding carboxylic acids is 1. The van der Waals surface area contributed by atoms with Crippen LogP contribution in [0.2, 0.25) is 0 Å². The Morgan fingerprint density at radius 1 is 1.05 bits per heavy atom. The van der Waals surface area contributed by atoms with Gasteiger partial charge in [0, 0.05) is 13.1 Å². The zero-order valence-electron chi connectivity index (χ0n) is 12.3. The monoisotopic (exact) mass is 295 g/mol. The third-order valence-electron chi connectivity index (χ3n) is 3.67. The van der Waals surface area contributed by atoms with Gasteiger partial charge in [0.15, 0.2) is 0 Å². The van der Waals surface area contributed by atoms with E-state index in [2.05, 4.69) is 9.97 Å². The number of rotatable bonds is 4. The molecule has 22 heavy (non-hydrogen) atoms. The molecule has 5 nitrogen and oxygen atoms in total. The fourth-order valence-corrected chi connectivity index (χ4v) is 2.54. The predicted molar refractivity (Wildman–Crippen MR) is 85.8 cm³/mol. The van der Waals surface area contributed by atoms with Crippen molar-refractivity contribution in [2.24, 2.45) is 0 Å². The molecule has 0 radical (unpaired) electrons. The summed E-state index contributed by atoms with van der Waals surface area (Å²) in [7, 11) is 0. The Hall–Kier alpha value is -2.82. The van der Waals surface area contributed by atoms with Gasteiger partial charge < -0.3 is 14.9 Å². The molecule has 3 rings (SSSR count). The number of amides is 1. The third kappa shape index (κ3) is 2.65. The fourth-order valence-electron chi connectivity index (χ4n) is 2.54. The van der Waals surface area contributed by atoms with Crippen molar-refractivity contribution in [3.05, 3.63) is 70.1 Å². The summed E-state index contributed by atoms with van der Waals surface area (Å²) in [5.74, 6) is -0.0906. The summed E-state index contributed by atoms with van der Waals surface area (Å²) in [6, 6.07) is 15.1. The zero-order valence-corrected chi connectivity index (χ0v) is 12.3. The third-order valence-corrected chi connectivity index (χ3v) is 3.67. The zero-order chi connectivity index (χ0) is 15.5.